The van der Waals surface area contributed by atoms with Crippen molar-refractivity contribution < 1.29 is 39.0 Å². The number of hydrogen-bond donors (Lipinski definition) is 2. The summed E-state index contributed by atoms with van der Waals surface area (Å²) in [4.78, 5) is 47.3. The number of nitriles is 1. The maximum absolute atomic E-state index is 12.5. The molecule has 2 N–H and O–H groups in total. The van der Waals surface area contributed by atoms with Gasteiger partial charge < -0.3 is 24.6 Å². The maximum Gasteiger partial charge on any atom is 0.519 e. The van der Waals surface area contributed by atoms with Crippen LogP contribution in [-0.4, -0.2) is 51.2 Å². The minimum atomic E-state index is -1.32. The topological polar surface area (TPSA) is 180 Å². The number of carboxylic acids is 1. The number of carbonyl (C=O) groups is 3. The van der Waals surface area contributed by atoms with Gasteiger partial charge in [-0.05, 0) is 55.7 Å². The molecule has 0 atom stereocenters. The zero-order chi connectivity index (χ0) is 26.8. The molecule has 0 heterocycles. The van der Waals surface area contributed by atoms with Gasteiger partial charge in [-0.1, -0.05) is 12.1 Å². The van der Waals surface area contributed by atoms with Crippen molar-refractivity contribution in [1.82, 2.24) is 4.90 Å². The van der Waals surface area contributed by atoms with Crippen LogP contribution in [0, 0.1) is 21.4 Å². The number of phenolic OH excluding ortho intramolecular Hbond substituents is 1. The summed E-state index contributed by atoms with van der Waals surface area (Å²) in [5.74, 6) is -3.07. The van der Waals surface area contributed by atoms with Gasteiger partial charge in [-0.15, -0.1) is 0 Å². The zero-order valence-electron chi connectivity index (χ0n) is 19.5. The average Bonchev–Trinajstić information content (AvgIpc) is 2.84. The molecule has 2 aromatic carbocycles. The number of phenols is 1. The number of aromatic hydroxyl groups is 1. The lowest BCUT2D eigenvalue weighted by Crippen LogP contribution is -2.31. The van der Waals surface area contributed by atoms with Gasteiger partial charge in [0.15, 0.2) is 5.75 Å². The second-order valence-corrected chi connectivity index (χ2v) is 7.28. The lowest BCUT2D eigenvalue weighted by molar-refractivity contribution is -0.385. The van der Waals surface area contributed by atoms with Crippen LogP contribution in [0.4, 0.5) is 10.5 Å². The summed E-state index contributed by atoms with van der Waals surface area (Å²) in [7, 11) is 0. The number of ether oxygens (including phenoxy) is 2. The van der Waals surface area contributed by atoms with Gasteiger partial charge in [-0.3, -0.25) is 19.7 Å². The van der Waals surface area contributed by atoms with Crippen molar-refractivity contribution in [3.8, 4) is 23.3 Å². The SMILES string of the molecule is CCN(CC)C(=O)C(C#N)=Cc1cc(OC(=O)Oc2ccc(CCC(=O)O)cc2)c(O)c([N+](=O)[O-])c1. The molecule has 0 radical (unpaired) electrons. The number of nitro benzene ring substituents is 1. The molecule has 2 rings (SSSR count). The Kier molecular flexibility index (Phi) is 9.50. The smallest absolute Gasteiger partial charge is 0.499 e. The van der Waals surface area contributed by atoms with E-state index >= 15 is 0 Å². The van der Waals surface area contributed by atoms with Crippen molar-refractivity contribution >= 4 is 29.8 Å². The molecule has 0 aliphatic rings. The van der Waals surface area contributed by atoms with Crippen LogP contribution in [0.1, 0.15) is 31.4 Å². The number of nitrogens with zero attached hydrogens (tertiary/aromatic N) is 3. The number of aliphatic carboxylic acids is 1. The van der Waals surface area contributed by atoms with Crippen molar-refractivity contribution in [3.05, 3.63) is 63.2 Å². The number of likely N-dealkylation sites (N-methyl/N-ethyl adjacent to an activating group) is 1. The first kappa shape index (κ1) is 27.3. The van der Waals surface area contributed by atoms with Crippen LogP contribution < -0.4 is 9.47 Å². The fraction of sp³-hybridized carbons (Fsp3) is 0.250. The fourth-order valence-corrected chi connectivity index (χ4v) is 3.09. The molecule has 2 aromatic rings. The minimum Gasteiger partial charge on any atom is -0.499 e. The Morgan fingerprint density at radius 2 is 1.78 bits per heavy atom. The average molecular weight is 497 g/mol. The molecule has 188 valence electrons. The van der Waals surface area contributed by atoms with Crippen molar-refractivity contribution in [3.63, 3.8) is 0 Å². The van der Waals surface area contributed by atoms with Crippen molar-refractivity contribution in [2.45, 2.75) is 26.7 Å². The molecular formula is C24H23N3O9. The number of amides is 1. The van der Waals surface area contributed by atoms with E-state index in [1.54, 1.807) is 32.0 Å². The molecule has 12 heteroatoms. The van der Waals surface area contributed by atoms with Crippen molar-refractivity contribution in [2.24, 2.45) is 0 Å². The highest BCUT2D eigenvalue weighted by molar-refractivity contribution is 6.01. The predicted octanol–water partition coefficient (Wildman–Crippen LogP) is 3.67. The highest BCUT2D eigenvalue weighted by Gasteiger charge is 2.24. The molecule has 0 saturated heterocycles. The third-order valence-electron chi connectivity index (χ3n) is 4.93. The number of rotatable bonds is 10. The van der Waals surface area contributed by atoms with Crippen LogP contribution in [0.15, 0.2) is 42.0 Å². The lowest BCUT2D eigenvalue weighted by Gasteiger charge is -2.17. The van der Waals surface area contributed by atoms with Gasteiger partial charge in [-0.2, -0.15) is 5.26 Å². The Morgan fingerprint density at radius 1 is 1.14 bits per heavy atom. The largest absolute Gasteiger partial charge is 0.519 e. The third kappa shape index (κ3) is 7.29. The first-order chi connectivity index (χ1) is 17.1. The highest BCUT2D eigenvalue weighted by Crippen LogP contribution is 2.38. The van der Waals surface area contributed by atoms with Crippen LogP contribution in [-0.2, 0) is 16.0 Å². The van der Waals surface area contributed by atoms with Crippen LogP contribution >= 0.6 is 0 Å². The second-order valence-electron chi connectivity index (χ2n) is 7.28. The van der Waals surface area contributed by atoms with Gasteiger partial charge in [0, 0.05) is 25.6 Å². The summed E-state index contributed by atoms with van der Waals surface area (Å²) >= 11 is 0. The lowest BCUT2D eigenvalue weighted by atomic mass is 10.1. The van der Waals surface area contributed by atoms with Crippen LogP contribution in [0.5, 0.6) is 17.2 Å². The van der Waals surface area contributed by atoms with Gasteiger partial charge >= 0.3 is 17.8 Å². The number of hydrogen-bond acceptors (Lipinski definition) is 9. The summed E-state index contributed by atoms with van der Waals surface area (Å²) in [6.45, 7) is 4.13. The van der Waals surface area contributed by atoms with E-state index < -0.39 is 40.1 Å². The molecular weight excluding hydrogens is 474 g/mol. The number of carbonyl (C=O) groups excluding carboxylic acids is 2. The molecule has 0 bridgehead atoms. The van der Waals surface area contributed by atoms with Gasteiger partial charge in [0.05, 0.1) is 4.92 Å². The quantitative estimate of drug-likeness (QED) is 0.123. The second kappa shape index (κ2) is 12.5. The van der Waals surface area contributed by atoms with E-state index in [0.717, 1.165) is 18.2 Å². The molecule has 0 aliphatic heterocycles. The number of nitro groups is 1. The summed E-state index contributed by atoms with van der Waals surface area (Å²) in [5.41, 5.74) is -0.474. The van der Waals surface area contributed by atoms with Crippen molar-refractivity contribution in [2.75, 3.05) is 13.1 Å². The molecule has 0 fully saturated rings. The summed E-state index contributed by atoms with van der Waals surface area (Å²) in [5, 5.41) is 39.8. The first-order valence-electron chi connectivity index (χ1n) is 10.7. The highest BCUT2D eigenvalue weighted by atomic mass is 16.7. The van der Waals surface area contributed by atoms with Gasteiger partial charge in [0.1, 0.15) is 17.4 Å². The van der Waals surface area contributed by atoms with Gasteiger partial charge in [0.25, 0.3) is 5.91 Å². The minimum absolute atomic E-state index is 0.0397. The Labute approximate surface area is 205 Å². The van der Waals surface area contributed by atoms with E-state index in [2.05, 4.69) is 0 Å². The van der Waals surface area contributed by atoms with E-state index in [9.17, 15) is 34.9 Å². The van der Waals surface area contributed by atoms with E-state index in [-0.39, 0.29) is 29.7 Å². The van der Waals surface area contributed by atoms with E-state index in [1.807, 2.05) is 0 Å². The van der Waals surface area contributed by atoms with Crippen LogP contribution in [0.3, 0.4) is 0 Å². The zero-order valence-corrected chi connectivity index (χ0v) is 19.5. The Morgan fingerprint density at radius 3 is 2.31 bits per heavy atom. The maximum atomic E-state index is 12.5. The molecule has 36 heavy (non-hydrogen) atoms. The Hall–Kier alpha value is -4.92. The van der Waals surface area contributed by atoms with E-state index in [0.29, 0.717) is 18.7 Å². The van der Waals surface area contributed by atoms with E-state index in [1.165, 1.54) is 17.0 Å². The van der Waals surface area contributed by atoms with E-state index in [4.69, 9.17) is 14.6 Å². The van der Waals surface area contributed by atoms with Crippen LogP contribution in [0.25, 0.3) is 6.08 Å². The fourth-order valence-electron chi connectivity index (χ4n) is 3.09. The third-order valence-corrected chi connectivity index (χ3v) is 4.93. The summed E-state index contributed by atoms with van der Waals surface area (Å²) in [6.07, 6.45) is -0.0293. The predicted molar refractivity (Wildman–Crippen MR) is 125 cm³/mol. The standard InChI is InChI=1S/C24H23N3O9/c1-3-26(4-2)23(31)17(14-25)11-16-12-19(27(33)34)22(30)20(13-16)36-24(32)35-18-8-5-15(6-9-18)7-10-21(28)29/h5-6,8-9,11-13,30H,3-4,7,10H2,1-2H3,(H,28,29). The molecule has 12 nitrogen and oxygen atoms in total. The molecule has 0 spiro atoms. The monoisotopic (exact) mass is 497 g/mol. The van der Waals surface area contributed by atoms with Gasteiger partial charge in [-0.25, -0.2) is 4.79 Å². The number of aryl methyl sites for hydroxylation is 1. The Balaban J connectivity index is 2.30. The number of benzene rings is 2. The molecule has 0 aliphatic carbocycles. The summed E-state index contributed by atoms with van der Waals surface area (Å²) in [6, 6.07) is 9.63. The molecule has 1 amide bonds. The Bertz CT molecular complexity index is 1230. The molecule has 0 saturated carbocycles. The van der Waals surface area contributed by atoms with Crippen LogP contribution in [0.2, 0.25) is 0 Å². The van der Waals surface area contributed by atoms with Gasteiger partial charge in [0.2, 0.25) is 5.75 Å². The normalized spacial score (nSPS) is 10.8. The summed E-state index contributed by atoms with van der Waals surface area (Å²) < 4.78 is 9.96. The molecule has 0 unspecified atom stereocenters. The number of carboxylic acid groups (broad SMARTS) is 1. The molecule has 0 aromatic heterocycles. The first-order valence-corrected chi connectivity index (χ1v) is 10.7. The van der Waals surface area contributed by atoms with Crippen molar-refractivity contribution in [1.29, 1.82) is 5.26 Å².